The van der Waals surface area contributed by atoms with Crippen LogP contribution in [0.5, 0.6) is 0 Å². The van der Waals surface area contributed by atoms with Gasteiger partial charge in [0.25, 0.3) is 0 Å². The van der Waals surface area contributed by atoms with Gasteiger partial charge in [0, 0.05) is 31.3 Å². The summed E-state index contributed by atoms with van der Waals surface area (Å²) in [5, 5.41) is 21.7. The van der Waals surface area contributed by atoms with Crippen molar-refractivity contribution in [1.82, 2.24) is 19.9 Å². The summed E-state index contributed by atoms with van der Waals surface area (Å²) in [5.41, 5.74) is 1.11. The molecule has 0 radical (unpaired) electrons. The molecule has 188 valence electrons. The third kappa shape index (κ3) is 4.71. The molecule has 2 aliphatic heterocycles. The Hall–Kier alpha value is -2.98. The second kappa shape index (κ2) is 9.48. The van der Waals surface area contributed by atoms with Crippen molar-refractivity contribution in [2.24, 2.45) is 4.99 Å². The molecule has 0 spiro atoms. The number of rotatable bonds is 6. The lowest BCUT2D eigenvalue weighted by Crippen LogP contribution is -2.39. The third-order valence-electron chi connectivity index (χ3n) is 6.32. The highest BCUT2D eigenvalue weighted by atomic mass is 35.5. The summed E-state index contributed by atoms with van der Waals surface area (Å²) < 4.78 is 5.50. The van der Waals surface area contributed by atoms with Gasteiger partial charge in [-0.05, 0) is 32.4 Å². The predicted molar refractivity (Wildman–Crippen MR) is 139 cm³/mol. The molecule has 2 N–H and O–H groups in total. The van der Waals surface area contributed by atoms with Gasteiger partial charge >= 0.3 is 0 Å². The summed E-state index contributed by atoms with van der Waals surface area (Å²) in [6.07, 6.45) is 2.98. The van der Waals surface area contributed by atoms with E-state index < -0.39 is 17.2 Å². The molecule has 36 heavy (non-hydrogen) atoms. The number of aliphatic hydroxyl groups is 2. The SMILES string of the molecule is CC(O)C1(c2nc(N3CCOCC3)nc3nc(Cl)c(-c4ccccc4)nc23)C=C(CC(C)(C)O)C=N1. The van der Waals surface area contributed by atoms with Crippen LogP contribution in [0, 0.1) is 0 Å². The van der Waals surface area contributed by atoms with Gasteiger partial charge in [-0.15, -0.1) is 0 Å². The molecule has 9 nitrogen and oxygen atoms in total. The first-order chi connectivity index (χ1) is 17.2. The van der Waals surface area contributed by atoms with Gasteiger partial charge in [0.1, 0.15) is 22.4 Å². The molecule has 0 saturated carbocycles. The maximum absolute atomic E-state index is 11.1. The Morgan fingerprint density at radius 3 is 2.50 bits per heavy atom. The fourth-order valence-electron chi connectivity index (χ4n) is 4.58. The highest BCUT2D eigenvalue weighted by Crippen LogP contribution is 2.40. The van der Waals surface area contributed by atoms with E-state index in [2.05, 4.69) is 4.98 Å². The zero-order valence-electron chi connectivity index (χ0n) is 20.5. The summed E-state index contributed by atoms with van der Waals surface area (Å²) >= 11 is 6.59. The van der Waals surface area contributed by atoms with E-state index in [9.17, 15) is 10.2 Å². The molecular weight excluding hydrogens is 480 g/mol. The van der Waals surface area contributed by atoms with Crippen LogP contribution in [0.25, 0.3) is 22.4 Å². The van der Waals surface area contributed by atoms with E-state index in [4.69, 9.17) is 36.3 Å². The van der Waals surface area contributed by atoms with Crippen LogP contribution in [0.2, 0.25) is 5.15 Å². The Bertz CT molecular complexity index is 1330. The second-order valence-electron chi connectivity index (χ2n) is 9.84. The Balaban J connectivity index is 1.75. The number of halogens is 1. The first-order valence-corrected chi connectivity index (χ1v) is 12.4. The first kappa shape index (κ1) is 24.7. The molecule has 1 saturated heterocycles. The zero-order chi connectivity index (χ0) is 25.5. The molecule has 0 bridgehead atoms. The van der Waals surface area contributed by atoms with Gasteiger partial charge in [0.05, 0.1) is 24.9 Å². The van der Waals surface area contributed by atoms with Crippen molar-refractivity contribution >= 4 is 34.9 Å². The van der Waals surface area contributed by atoms with Gasteiger partial charge in [-0.25, -0.2) is 15.0 Å². The van der Waals surface area contributed by atoms with E-state index in [0.29, 0.717) is 61.2 Å². The lowest BCUT2D eigenvalue weighted by molar-refractivity contribution is 0.0820. The number of nitrogens with zero attached hydrogens (tertiary/aromatic N) is 6. The molecule has 2 aromatic heterocycles. The molecule has 10 heteroatoms. The van der Waals surface area contributed by atoms with E-state index in [1.54, 1.807) is 27.0 Å². The molecule has 3 aromatic rings. The van der Waals surface area contributed by atoms with Crippen LogP contribution in [-0.2, 0) is 10.3 Å². The van der Waals surface area contributed by atoms with E-state index >= 15 is 0 Å². The van der Waals surface area contributed by atoms with Crippen LogP contribution in [0.4, 0.5) is 5.95 Å². The fraction of sp³-hybridized carbons (Fsp3) is 0.423. The molecule has 2 aliphatic rings. The zero-order valence-corrected chi connectivity index (χ0v) is 21.3. The van der Waals surface area contributed by atoms with Crippen LogP contribution in [0.15, 0.2) is 47.0 Å². The van der Waals surface area contributed by atoms with Gasteiger partial charge in [0.2, 0.25) is 5.95 Å². The van der Waals surface area contributed by atoms with Crippen molar-refractivity contribution in [3.05, 3.63) is 52.8 Å². The third-order valence-corrected chi connectivity index (χ3v) is 6.58. The average Bonchev–Trinajstić information content (AvgIpc) is 3.27. The lowest BCUT2D eigenvalue weighted by Gasteiger charge is -2.31. The van der Waals surface area contributed by atoms with Gasteiger partial charge < -0.3 is 19.8 Å². The quantitative estimate of drug-likeness (QED) is 0.520. The van der Waals surface area contributed by atoms with Crippen LogP contribution < -0.4 is 4.90 Å². The molecule has 1 aromatic carbocycles. The molecule has 2 unspecified atom stereocenters. The predicted octanol–water partition coefficient (Wildman–Crippen LogP) is 3.32. The van der Waals surface area contributed by atoms with Gasteiger partial charge in [-0.2, -0.15) is 4.98 Å². The molecule has 0 amide bonds. The summed E-state index contributed by atoms with van der Waals surface area (Å²) in [5.74, 6) is 0.457. The number of aliphatic imine (C=N–C) groups is 1. The van der Waals surface area contributed by atoms with Crippen molar-refractivity contribution in [2.45, 2.75) is 44.4 Å². The van der Waals surface area contributed by atoms with E-state index in [1.807, 2.05) is 41.3 Å². The Morgan fingerprint density at radius 1 is 1.11 bits per heavy atom. The minimum Gasteiger partial charge on any atom is -0.390 e. The number of aliphatic hydroxyl groups excluding tert-OH is 1. The molecule has 5 rings (SSSR count). The largest absolute Gasteiger partial charge is 0.390 e. The molecule has 1 fully saturated rings. The number of anilines is 1. The average molecular weight is 509 g/mol. The maximum Gasteiger partial charge on any atom is 0.228 e. The van der Waals surface area contributed by atoms with Crippen LogP contribution >= 0.6 is 11.6 Å². The molecule has 0 aliphatic carbocycles. The topological polar surface area (TPSA) is 117 Å². The smallest absolute Gasteiger partial charge is 0.228 e. The normalized spacial score (nSPS) is 21.2. The number of benzene rings is 1. The van der Waals surface area contributed by atoms with Crippen molar-refractivity contribution in [3.63, 3.8) is 0 Å². The Kier molecular flexibility index (Phi) is 6.50. The monoisotopic (exact) mass is 508 g/mol. The van der Waals surface area contributed by atoms with E-state index in [0.717, 1.165) is 11.1 Å². The second-order valence-corrected chi connectivity index (χ2v) is 10.2. The summed E-state index contributed by atoms with van der Waals surface area (Å²) in [4.78, 5) is 25.9. The van der Waals surface area contributed by atoms with Crippen molar-refractivity contribution in [3.8, 4) is 11.3 Å². The van der Waals surface area contributed by atoms with Crippen LogP contribution in [0.1, 0.15) is 32.9 Å². The molecule has 2 atom stereocenters. The van der Waals surface area contributed by atoms with Crippen LogP contribution in [0.3, 0.4) is 0 Å². The number of ether oxygens (including phenoxy) is 1. The standard InChI is InChI=1S/C26H29ClN6O3/c1-16(34)26(14-17(15-28-26)13-25(2,3)35)21-20-23(32-24(30-21)33-9-11-36-12-10-33)31-22(27)19(29-20)18-7-5-4-6-8-18/h4-8,14-16,34-35H,9-13H2,1-3H3. The van der Waals surface area contributed by atoms with Gasteiger partial charge in [0.15, 0.2) is 10.8 Å². The maximum atomic E-state index is 11.1. The highest BCUT2D eigenvalue weighted by Gasteiger charge is 2.42. The van der Waals surface area contributed by atoms with Crippen LogP contribution in [-0.4, -0.2) is 74.4 Å². The van der Waals surface area contributed by atoms with Gasteiger partial charge in [-0.3, -0.25) is 4.99 Å². The summed E-state index contributed by atoms with van der Waals surface area (Å²) in [6, 6.07) is 9.54. The number of hydrogen-bond acceptors (Lipinski definition) is 9. The number of morpholine rings is 1. The highest BCUT2D eigenvalue weighted by molar-refractivity contribution is 6.32. The molecular formula is C26H29ClN6O3. The first-order valence-electron chi connectivity index (χ1n) is 12.0. The summed E-state index contributed by atoms with van der Waals surface area (Å²) in [7, 11) is 0. The van der Waals surface area contributed by atoms with Crippen molar-refractivity contribution < 1.29 is 14.9 Å². The van der Waals surface area contributed by atoms with Crippen molar-refractivity contribution in [2.75, 3.05) is 31.2 Å². The van der Waals surface area contributed by atoms with E-state index in [1.165, 1.54) is 0 Å². The summed E-state index contributed by atoms with van der Waals surface area (Å²) in [6.45, 7) is 7.51. The number of fused-ring (bicyclic) bond motifs is 1. The lowest BCUT2D eigenvalue weighted by atomic mass is 9.87. The Labute approximate surface area is 214 Å². The van der Waals surface area contributed by atoms with Crippen molar-refractivity contribution in [1.29, 1.82) is 0 Å². The Morgan fingerprint density at radius 2 is 1.83 bits per heavy atom. The minimum absolute atomic E-state index is 0.227. The fourth-order valence-corrected chi connectivity index (χ4v) is 4.81. The van der Waals surface area contributed by atoms with Gasteiger partial charge in [-0.1, -0.05) is 41.9 Å². The molecule has 4 heterocycles. The minimum atomic E-state index is -1.22. The number of hydrogen-bond donors (Lipinski definition) is 2. The number of aromatic nitrogens is 4. The van der Waals surface area contributed by atoms with E-state index in [-0.39, 0.29) is 5.15 Å².